The number of thiazole rings is 1. The third-order valence-corrected chi connectivity index (χ3v) is 9.03. The summed E-state index contributed by atoms with van der Waals surface area (Å²) in [6.07, 6.45) is -0.754. The van der Waals surface area contributed by atoms with E-state index in [9.17, 15) is 24.6 Å². The maximum absolute atomic E-state index is 14.0. The molecule has 1 aliphatic rings. The second-order valence-corrected chi connectivity index (χ2v) is 12.6. The first kappa shape index (κ1) is 32.9. The Hall–Kier alpha value is -3.96. The summed E-state index contributed by atoms with van der Waals surface area (Å²) in [7, 11) is 0. The first-order valence-corrected chi connectivity index (χ1v) is 16.0. The smallest absolute Gasteiger partial charge is 0.404 e. The van der Waals surface area contributed by atoms with Crippen molar-refractivity contribution in [3.05, 3.63) is 87.9 Å². The lowest BCUT2D eigenvalue weighted by Crippen LogP contribution is -2.55. The molecule has 0 unspecified atom stereocenters. The van der Waals surface area contributed by atoms with E-state index < -0.39 is 30.3 Å². The quantitative estimate of drug-likeness (QED) is 0.198. The first-order chi connectivity index (χ1) is 21.1. The summed E-state index contributed by atoms with van der Waals surface area (Å²) in [5, 5.41) is 29.4. The van der Waals surface area contributed by atoms with Crippen molar-refractivity contribution in [2.24, 2.45) is 5.92 Å². The van der Waals surface area contributed by atoms with Gasteiger partial charge in [-0.3, -0.25) is 4.79 Å². The van der Waals surface area contributed by atoms with Crippen LogP contribution in [0.3, 0.4) is 0 Å². The summed E-state index contributed by atoms with van der Waals surface area (Å²) in [5.41, 5.74) is 2.69. The van der Waals surface area contributed by atoms with Gasteiger partial charge in [0.05, 0.1) is 29.4 Å². The molecule has 1 aromatic heterocycles. The van der Waals surface area contributed by atoms with Crippen LogP contribution in [0.1, 0.15) is 48.5 Å². The van der Waals surface area contributed by atoms with Crippen LogP contribution in [0.2, 0.25) is 0 Å². The van der Waals surface area contributed by atoms with E-state index in [1.165, 1.54) is 0 Å². The largest absolute Gasteiger partial charge is 0.465 e. The number of hydrogen-bond acceptors (Lipinski definition) is 6. The van der Waals surface area contributed by atoms with Gasteiger partial charge in [0, 0.05) is 24.5 Å². The van der Waals surface area contributed by atoms with Crippen LogP contribution in [-0.2, 0) is 24.2 Å². The number of benzene rings is 2. The first-order valence-electron chi connectivity index (χ1n) is 15.2. The molecule has 1 saturated heterocycles. The van der Waals surface area contributed by atoms with Crippen molar-refractivity contribution >= 4 is 29.4 Å². The van der Waals surface area contributed by atoms with Crippen LogP contribution in [0.15, 0.2) is 66.0 Å². The van der Waals surface area contributed by atoms with Gasteiger partial charge in [-0.2, -0.15) is 0 Å². The van der Waals surface area contributed by atoms with E-state index in [1.807, 2.05) is 86.8 Å². The van der Waals surface area contributed by atoms with Crippen LogP contribution in [0.5, 0.6) is 0 Å². The monoisotopic (exact) mass is 621 g/mol. The van der Waals surface area contributed by atoms with Crippen LogP contribution < -0.4 is 10.6 Å². The molecule has 2 heterocycles. The Morgan fingerprint density at radius 2 is 1.64 bits per heavy atom. The van der Waals surface area contributed by atoms with Gasteiger partial charge in [0.15, 0.2) is 0 Å². The lowest BCUT2D eigenvalue weighted by Gasteiger charge is -2.33. The highest BCUT2D eigenvalue weighted by atomic mass is 32.1. The van der Waals surface area contributed by atoms with Gasteiger partial charge in [-0.15, -0.1) is 11.3 Å². The lowest BCUT2D eigenvalue weighted by molar-refractivity contribution is -0.127. The highest BCUT2D eigenvalue weighted by molar-refractivity contribution is 7.09. The molecule has 4 N–H and O–H groups in total. The summed E-state index contributed by atoms with van der Waals surface area (Å²) in [5.74, 6) is -0.389. The summed E-state index contributed by atoms with van der Waals surface area (Å²) in [6, 6.07) is 16.9. The third-order valence-electron chi connectivity index (χ3n) is 8.20. The number of aliphatic hydroxyl groups is 1. The maximum Gasteiger partial charge on any atom is 0.404 e. The highest BCUT2D eigenvalue weighted by Crippen LogP contribution is 2.24. The minimum Gasteiger partial charge on any atom is -0.465 e. The molecular weight excluding hydrogens is 578 g/mol. The SMILES string of the molecule is CC[C@H](C)[C@@H](C(=O)N[C@@H](Cc1ccccc1)C[C@@H](O)[C@H](Cc1ccccc1)NC(=O)O)N1CCN(Cc2csc(C)n2)C1=O. The topological polar surface area (TPSA) is 135 Å². The average molecular weight is 622 g/mol. The molecule has 0 aliphatic carbocycles. The minimum absolute atomic E-state index is 0.109. The Bertz CT molecular complexity index is 1370. The zero-order valence-electron chi connectivity index (χ0n) is 25.6. The second kappa shape index (κ2) is 15.7. The fourth-order valence-corrected chi connectivity index (χ4v) is 6.36. The van der Waals surface area contributed by atoms with Gasteiger partial charge in [-0.05, 0) is 43.2 Å². The highest BCUT2D eigenvalue weighted by Gasteiger charge is 2.40. The van der Waals surface area contributed by atoms with Gasteiger partial charge in [-0.25, -0.2) is 14.6 Å². The molecule has 0 radical (unpaired) electrons. The molecule has 4 rings (SSSR count). The summed E-state index contributed by atoms with van der Waals surface area (Å²) in [6.45, 7) is 7.23. The number of amides is 4. The van der Waals surface area contributed by atoms with Gasteiger partial charge >= 0.3 is 12.1 Å². The van der Waals surface area contributed by atoms with Crippen molar-refractivity contribution in [1.82, 2.24) is 25.4 Å². The molecule has 1 fully saturated rings. The third kappa shape index (κ3) is 9.03. The van der Waals surface area contributed by atoms with E-state index >= 15 is 0 Å². The van der Waals surface area contributed by atoms with Crippen LogP contribution in [0, 0.1) is 12.8 Å². The fraction of sp³-hybridized carbons (Fsp3) is 0.455. The molecule has 0 spiro atoms. The predicted molar refractivity (Wildman–Crippen MR) is 170 cm³/mol. The zero-order chi connectivity index (χ0) is 31.6. The van der Waals surface area contributed by atoms with Crippen molar-refractivity contribution in [2.45, 2.75) is 77.2 Å². The van der Waals surface area contributed by atoms with E-state index in [4.69, 9.17) is 0 Å². The van der Waals surface area contributed by atoms with E-state index in [-0.39, 0.29) is 24.3 Å². The standard InChI is InChI=1S/C33H43N5O5S/c1-4-22(2)30(38-16-15-37(33(38)43)20-27-21-44-23(3)34-27)31(40)35-26(17-24-11-7-5-8-12-24)19-29(39)28(36-32(41)42)18-25-13-9-6-10-14-25/h5-14,21-22,26,28-30,36,39H,4,15-20H2,1-3H3,(H,35,40)(H,41,42)/t22-,26-,28-,29+,30-/m0/s1. The van der Waals surface area contributed by atoms with Crippen molar-refractivity contribution in [1.29, 1.82) is 0 Å². The zero-order valence-corrected chi connectivity index (χ0v) is 26.4. The number of aromatic nitrogens is 1. The number of rotatable bonds is 15. The van der Waals surface area contributed by atoms with Gasteiger partial charge in [0.1, 0.15) is 6.04 Å². The number of carbonyl (C=O) groups excluding carboxylic acids is 2. The van der Waals surface area contributed by atoms with Gasteiger partial charge in [0.2, 0.25) is 5.91 Å². The molecular formula is C33H43N5O5S. The van der Waals surface area contributed by atoms with Gasteiger partial charge < -0.3 is 30.6 Å². The number of aliphatic hydroxyl groups excluding tert-OH is 1. The Morgan fingerprint density at radius 1 is 1.00 bits per heavy atom. The molecule has 4 amide bonds. The van der Waals surface area contributed by atoms with Crippen molar-refractivity contribution in [3.63, 3.8) is 0 Å². The van der Waals surface area contributed by atoms with Crippen LogP contribution in [0.25, 0.3) is 0 Å². The molecule has 44 heavy (non-hydrogen) atoms. The number of nitrogens with one attached hydrogen (secondary N) is 2. The number of urea groups is 1. The molecule has 0 saturated carbocycles. The molecule has 2 aromatic carbocycles. The Morgan fingerprint density at radius 3 is 2.20 bits per heavy atom. The number of carbonyl (C=O) groups is 3. The summed E-state index contributed by atoms with van der Waals surface area (Å²) >= 11 is 1.54. The van der Waals surface area contributed by atoms with Crippen molar-refractivity contribution < 1.29 is 24.6 Å². The average Bonchev–Trinajstić information content (AvgIpc) is 3.58. The molecule has 3 aromatic rings. The Kier molecular flexibility index (Phi) is 11.7. The Balaban J connectivity index is 1.52. The van der Waals surface area contributed by atoms with E-state index in [0.29, 0.717) is 38.9 Å². The molecule has 236 valence electrons. The Labute approximate surface area is 263 Å². The summed E-state index contributed by atoms with van der Waals surface area (Å²) in [4.78, 5) is 47.1. The number of nitrogens with zero attached hydrogens (tertiary/aromatic N) is 3. The van der Waals surface area contributed by atoms with Crippen molar-refractivity contribution in [2.75, 3.05) is 13.1 Å². The van der Waals surface area contributed by atoms with Crippen LogP contribution >= 0.6 is 11.3 Å². The summed E-state index contributed by atoms with van der Waals surface area (Å²) < 4.78 is 0. The van der Waals surface area contributed by atoms with Crippen molar-refractivity contribution in [3.8, 4) is 0 Å². The molecule has 11 heteroatoms. The molecule has 1 aliphatic heterocycles. The molecule has 5 atom stereocenters. The molecule has 10 nitrogen and oxygen atoms in total. The van der Waals surface area contributed by atoms with Crippen LogP contribution in [-0.4, -0.2) is 80.3 Å². The number of carboxylic acid groups (broad SMARTS) is 1. The van der Waals surface area contributed by atoms with E-state index in [2.05, 4.69) is 15.6 Å². The van der Waals surface area contributed by atoms with Gasteiger partial charge in [-0.1, -0.05) is 80.9 Å². The van der Waals surface area contributed by atoms with E-state index in [0.717, 1.165) is 21.8 Å². The lowest BCUT2D eigenvalue weighted by atomic mass is 9.92. The number of aryl methyl sites for hydroxylation is 1. The van der Waals surface area contributed by atoms with E-state index in [1.54, 1.807) is 21.1 Å². The minimum atomic E-state index is -1.23. The predicted octanol–water partition coefficient (Wildman–Crippen LogP) is 4.46. The van der Waals surface area contributed by atoms with Crippen LogP contribution in [0.4, 0.5) is 9.59 Å². The second-order valence-electron chi connectivity index (χ2n) is 11.5. The molecule has 0 bridgehead atoms. The maximum atomic E-state index is 14.0. The normalized spacial score (nSPS) is 16.7. The van der Waals surface area contributed by atoms with Gasteiger partial charge in [0.25, 0.3) is 0 Å². The fourth-order valence-electron chi connectivity index (χ4n) is 5.76. The number of hydrogen-bond donors (Lipinski definition) is 4.